The van der Waals surface area contributed by atoms with Crippen molar-refractivity contribution < 1.29 is 33.7 Å². The number of Topliss-reactive ketones (excluding diaryl/α,β-unsaturated/α-hetero) is 1. The fourth-order valence-electron chi connectivity index (χ4n) is 4.73. The molecule has 0 saturated carbocycles. The van der Waals surface area contributed by atoms with Crippen LogP contribution in [0.2, 0.25) is 0 Å². The summed E-state index contributed by atoms with van der Waals surface area (Å²) in [7, 11) is 1.26. The first kappa shape index (κ1) is 28.1. The molecule has 0 bridgehead atoms. The first-order chi connectivity index (χ1) is 17.2. The molecule has 0 spiro atoms. The van der Waals surface area contributed by atoms with Gasteiger partial charge in [0, 0.05) is 28.6 Å². The molecule has 196 valence electrons. The number of dihydropyridines is 1. The summed E-state index contributed by atoms with van der Waals surface area (Å²) in [4.78, 5) is 39.8. The van der Waals surface area contributed by atoms with Crippen molar-refractivity contribution in [3.05, 3.63) is 44.7 Å². The lowest BCUT2D eigenvalue weighted by Crippen LogP contribution is -2.43. The highest BCUT2D eigenvalue weighted by molar-refractivity contribution is 9.10. The lowest BCUT2D eigenvalue weighted by Gasteiger charge is -2.38. The predicted molar refractivity (Wildman–Crippen MR) is 141 cm³/mol. The SMILES string of the molecule is CCOc1cc([C@@H]2C(C(=O)OCCSCC)=C(C)NC3=C2C(=O)[C@@H](C(=O)OC)[C@@H](C)C3)cc(Br)c1O. The van der Waals surface area contributed by atoms with Crippen LogP contribution in [0.4, 0.5) is 0 Å². The number of ether oxygens (including phenoxy) is 3. The number of carbonyl (C=O) groups is 3. The van der Waals surface area contributed by atoms with Crippen LogP contribution in [-0.2, 0) is 23.9 Å². The molecule has 1 aliphatic carbocycles. The maximum atomic E-state index is 13.8. The Labute approximate surface area is 223 Å². The Hall–Kier alpha value is -2.46. The van der Waals surface area contributed by atoms with Crippen molar-refractivity contribution in [1.82, 2.24) is 5.32 Å². The zero-order chi connectivity index (χ0) is 26.6. The summed E-state index contributed by atoms with van der Waals surface area (Å²) in [5.41, 5.74) is 2.39. The average molecular weight is 583 g/mol. The van der Waals surface area contributed by atoms with E-state index in [-0.39, 0.29) is 29.6 Å². The monoisotopic (exact) mass is 581 g/mol. The number of methoxy groups -OCH3 is 1. The van der Waals surface area contributed by atoms with Crippen LogP contribution in [-0.4, -0.2) is 54.7 Å². The molecule has 0 fully saturated rings. The number of rotatable bonds is 9. The summed E-state index contributed by atoms with van der Waals surface area (Å²) >= 11 is 5.02. The number of carbonyl (C=O) groups excluding carboxylic acids is 3. The topological polar surface area (TPSA) is 111 Å². The lowest BCUT2D eigenvalue weighted by molar-refractivity contribution is -0.151. The molecule has 10 heteroatoms. The Bertz CT molecular complexity index is 1110. The smallest absolute Gasteiger partial charge is 0.336 e. The first-order valence-electron chi connectivity index (χ1n) is 11.9. The van der Waals surface area contributed by atoms with Crippen molar-refractivity contribution in [2.75, 3.05) is 31.8 Å². The van der Waals surface area contributed by atoms with Gasteiger partial charge in [0.2, 0.25) is 0 Å². The van der Waals surface area contributed by atoms with Crippen molar-refractivity contribution in [3.8, 4) is 11.5 Å². The van der Waals surface area contributed by atoms with Gasteiger partial charge >= 0.3 is 11.9 Å². The number of halogens is 1. The van der Waals surface area contributed by atoms with Crippen molar-refractivity contribution in [1.29, 1.82) is 0 Å². The second-order valence-electron chi connectivity index (χ2n) is 8.65. The third kappa shape index (κ3) is 5.59. The van der Waals surface area contributed by atoms with Gasteiger partial charge in [-0.05, 0) is 65.6 Å². The maximum absolute atomic E-state index is 13.8. The quantitative estimate of drug-likeness (QED) is 0.248. The summed E-state index contributed by atoms with van der Waals surface area (Å²) in [6.45, 7) is 7.96. The van der Waals surface area contributed by atoms with Gasteiger partial charge in [-0.1, -0.05) is 13.8 Å². The van der Waals surface area contributed by atoms with Gasteiger partial charge in [-0.3, -0.25) is 9.59 Å². The van der Waals surface area contributed by atoms with Crippen LogP contribution in [0.5, 0.6) is 11.5 Å². The predicted octanol–water partition coefficient (Wildman–Crippen LogP) is 4.46. The highest BCUT2D eigenvalue weighted by Crippen LogP contribution is 2.48. The number of ketones is 1. The summed E-state index contributed by atoms with van der Waals surface area (Å²) in [6.07, 6.45) is 0.432. The summed E-state index contributed by atoms with van der Waals surface area (Å²) in [6, 6.07) is 3.28. The molecule has 1 aromatic carbocycles. The van der Waals surface area contributed by atoms with Crippen molar-refractivity contribution in [3.63, 3.8) is 0 Å². The number of phenolic OH excluding ortho intramolecular Hbond substituents is 1. The highest BCUT2D eigenvalue weighted by atomic mass is 79.9. The van der Waals surface area contributed by atoms with Gasteiger partial charge in [0.1, 0.15) is 12.5 Å². The van der Waals surface area contributed by atoms with E-state index in [1.807, 2.05) is 13.8 Å². The summed E-state index contributed by atoms with van der Waals surface area (Å²) < 4.78 is 16.5. The third-order valence-corrected chi connectivity index (χ3v) is 7.78. The Balaban J connectivity index is 2.17. The third-order valence-electron chi connectivity index (χ3n) is 6.31. The molecule has 36 heavy (non-hydrogen) atoms. The van der Waals surface area contributed by atoms with Gasteiger partial charge in [-0.2, -0.15) is 11.8 Å². The minimum Gasteiger partial charge on any atom is -0.503 e. The van der Waals surface area contributed by atoms with Crippen molar-refractivity contribution >= 4 is 45.4 Å². The number of benzene rings is 1. The molecular weight excluding hydrogens is 550 g/mol. The van der Waals surface area contributed by atoms with E-state index in [1.165, 1.54) is 7.11 Å². The molecule has 3 rings (SSSR count). The van der Waals surface area contributed by atoms with Gasteiger partial charge in [0.05, 0.1) is 23.8 Å². The number of thioether (sulfide) groups is 1. The van der Waals surface area contributed by atoms with Crippen LogP contribution in [0.15, 0.2) is 39.1 Å². The minimum absolute atomic E-state index is 0.0822. The number of hydrogen-bond acceptors (Lipinski definition) is 9. The molecule has 8 nitrogen and oxygen atoms in total. The Morgan fingerprint density at radius 2 is 2.00 bits per heavy atom. The van der Waals surface area contributed by atoms with Crippen LogP contribution in [0.25, 0.3) is 0 Å². The molecule has 0 amide bonds. The van der Waals surface area contributed by atoms with E-state index >= 15 is 0 Å². The molecule has 2 N–H and O–H groups in total. The lowest BCUT2D eigenvalue weighted by atomic mass is 9.69. The fourth-order valence-corrected chi connectivity index (χ4v) is 5.68. The van der Waals surface area contributed by atoms with Crippen molar-refractivity contribution in [2.45, 2.75) is 40.0 Å². The highest BCUT2D eigenvalue weighted by Gasteiger charge is 2.47. The molecule has 1 heterocycles. The second-order valence-corrected chi connectivity index (χ2v) is 10.9. The number of hydrogen-bond donors (Lipinski definition) is 2. The Morgan fingerprint density at radius 3 is 2.64 bits per heavy atom. The van der Waals surface area contributed by atoms with Gasteiger partial charge in [0.15, 0.2) is 17.3 Å². The number of aromatic hydroxyl groups is 1. The Kier molecular flexibility index (Phi) is 9.52. The van der Waals surface area contributed by atoms with Gasteiger partial charge in [-0.15, -0.1) is 0 Å². The van der Waals surface area contributed by atoms with E-state index in [1.54, 1.807) is 37.7 Å². The van der Waals surface area contributed by atoms with Crippen molar-refractivity contribution in [2.24, 2.45) is 11.8 Å². The molecule has 0 unspecified atom stereocenters. The van der Waals surface area contributed by atoms with E-state index in [0.29, 0.717) is 45.8 Å². The minimum atomic E-state index is -0.985. The average Bonchev–Trinajstić information content (AvgIpc) is 2.83. The zero-order valence-electron chi connectivity index (χ0n) is 21.1. The van der Waals surface area contributed by atoms with Crippen LogP contribution in [0, 0.1) is 11.8 Å². The molecule has 1 aliphatic heterocycles. The molecule has 0 aromatic heterocycles. The van der Waals surface area contributed by atoms with E-state index < -0.39 is 29.6 Å². The van der Waals surface area contributed by atoms with Crippen LogP contribution in [0.1, 0.15) is 45.6 Å². The van der Waals surface area contributed by atoms with E-state index in [4.69, 9.17) is 14.2 Å². The molecule has 2 aliphatic rings. The maximum Gasteiger partial charge on any atom is 0.336 e. The van der Waals surface area contributed by atoms with E-state index in [0.717, 1.165) is 5.75 Å². The normalized spacial score (nSPS) is 21.6. The van der Waals surface area contributed by atoms with Gasteiger partial charge in [-0.25, -0.2) is 4.79 Å². The molecule has 0 radical (unpaired) electrons. The van der Waals surface area contributed by atoms with E-state index in [2.05, 4.69) is 21.2 Å². The summed E-state index contributed by atoms with van der Waals surface area (Å²) in [5.74, 6) is -1.94. The fraction of sp³-hybridized carbons (Fsp3) is 0.500. The van der Waals surface area contributed by atoms with Gasteiger partial charge < -0.3 is 24.6 Å². The largest absolute Gasteiger partial charge is 0.503 e. The standard InChI is InChI=1S/C26H32BrNO7S/c1-6-34-18-12-15(11-16(27)23(18)29)21-20(26(32)35-8-9-36-7-2)14(4)28-17-10-13(3)19(25(31)33-5)24(30)22(17)21/h11-13,19,21,28-29H,6-10H2,1-5H3/t13-,19-,21+/m0/s1. The van der Waals surface area contributed by atoms with Gasteiger partial charge in [0.25, 0.3) is 0 Å². The van der Waals surface area contributed by atoms with Crippen LogP contribution < -0.4 is 10.1 Å². The first-order valence-corrected chi connectivity index (χ1v) is 13.8. The zero-order valence-corrected chi connectivity index (χ0v) is 23.5. The van der Waals surface area contributed by atoms with Crippen LogP contribution in [0.3, 0.4) is 0 Å². The summed E-state index contributed by atoms with van der Waals surface area (Å²) in [5, 5.41) is 13.7. The second kappa shape index (κ2) is 12.2. The number of nitrogens with one attached hydrogen (secondary N) is 1. The molecule has 1 aromatic rings. The van der Waals surface area contributed by atoms with Crippen LogP contribution >= 0.6 is 27.7 Å². The molecule has 3 atom stereocenters. The molecule has 0 saturated heterocycles. The number of esters is 2. The Morgan fingerprint density at radius 1 is 1.28 bits per heavy atom. The number of allylic oxidation sites excluding steroid dienone is 3. The van der Waals surface area contributed by atoms with E-state index in [9.17, 15) is 19.5 Å². The molecular formula is C26H32BrNO7S. The number of phenols is 1.